The molecule has 2 amide bonds. The molecule has 3 heterocycles. The maximum absolute atomic E-state index is 13.0. The van der Waals surface area contributed by atoms with Crippen LogP contribution in [0.1, 0.15) is 12.8 Å². The summed E-state index contributed by atoms with van der Waals surface area (Å²) in [5.41, 5.74) is 0.421. The highest BCUT2D eigenvalue weighted by atomic mass is 32.1. The molecule has 4 rings (SSSR count). The Hall–Kier alpha value is -3.67. The third kappa shape index (κ3) is 4.81. The molecule has 0 spiro atoms. The number of aromatic nitrogens is 3. The molecule has 34 heavy (non-hydrogen) atoms. The maximum atomic E-state index is 13.0. The van der Waals surface area contributed by atoms with Crippen LogP contribution in [-0.2, 0) is 16.1 Å². The zero-order valence-electron chi connectivity index (χ0n) is 19.2. The average molecular weight is 487 g/mol. The van der Waals surface area contributed by atoms with Gasteiger partial charge in [0.25, 0.3) is 5.56 Å². The summed E-state index contributed by atoms with van der Waals surface area (Å²) < 4.78 is 12.1. The van der Waals surface area contributed by atoms with E-state index < -0.39 is 5.91 Å². The summed E-state index contributed by atoms with van der Waals surface area (Å²) in [6.45, 7) is 1.07. The summed E-state index contributed by atoms with van der Waals surface area (Å²) >= 11 is 1.23. The number of carbonyl (C=O) groups excluding carboxylic acids is 2. The predicted octanol–water partition coefficient (Wildman–Crippen LogP) is 1.47. The monoisotopic (exact) mass is 486 g/mol. The molecule has 1 aliphatic heterocycles. The molecule has 1 aliphatic rings. The van der Waals surface area contributed by atoms with Gasteiger partial charge in [-0.05, 0) is 25.0 Å². The van der Waals surface area contributed by atoms with Crippen molar-refractivity contribution in [1.29, 1.82) is 0 Å². The summed E-state index contributed by atoms with van der Waals surface area (Å²) in [6.07, 6.45) is 3.00. The number of ether oxygens (including phenoxy) is 2. The Morgan fingerprint density at radius 3 is 2.82 bits per heavy atom. The highest BCUT2D eigenvalue weighted by Gasteiger charge is 2.27. The number of amides is 2. The van der Waals surface area contributed by atoms with Crippen LogP contribution < -0.4 is 30.6 Å². The van der Waals surface area contributed by atoms with Gasteiger partial charge in [-0.15, -0.1) is 0 Å². The Kier molecular flexibility index (Phi) is 6.96. The van der Waals surface area contributed by atoms with Crippen molar-refractivity contribution in [2.45, 2.75) is 19.4 Å². The first-order valence-corrected chi connectivity index (χ1v) is 11.6. The maximum Gasteiger partial charge on any atom is 0.273 e. The molecule has 0 unspecified atom stereocenters. The predicted molar refractivity (Wildman–Crippen MR) is 129 cm³/mol. The van der Waals surface area contributed by atoms with E-state index in [0.29, 0.717) is 39.2 Å². The van der Waals surface area contributed by atoms with Crippen molar-refractivity contribution in [2.75, 3.05) is 44.6 Å². The first-order chi connectivity index (χ1) is 16.4. The molecule has 0 saturated carbocycles. The smallest absolute Gasteiger partial charge is 0.273 e. The molecule has 1 aromatic carbocycles. The normalized spacial score (nSPS) is 15.7. The van der Waals surface area contributed by atoms with Gasteiger partial charge < -0.3 is 25.0 Å². The third-order valence-corrected chi connectivity index (χ3v) is 6.77. The fourth-order valence-corrected chi connectivity index (χ4v) is 4.91. The van der Waals surface area contributed by atoms with Crippen LogP contribution in [0.15, 0.2) is 29.3 Å². The van der Waals surface area contributed by atoms with Crippen LogP contribution in [0.4, 0.5) is 10.8 Å². The SMILES string of the molecule is CNC(=O)[C@H]1CCCN(c2nc3ncn(CC(=O)Nc4cc(OC)ccc4OC)c(=O)c3s2)C1. The van der Waals surface area contributed by atoms with Crippen molar-refractivity contribution in [3.63, 3.8) is 0 Å². The minimum atomic E-state index is -0.413. The standard InChI is InChI=1S/C22H26N6O5S/c1-23-20(30)13-5-4-8-27(10-13)22-26-19-18(34-22)21(31)28(12-24-19)11-17(29)25-15-9-14(32-2)6-7-16(15)33-3/h6-7,9,12-13H,4-5,8,10-11H2,1-3H3,(H,23,30)(H,25,29)/t13-/m0/s1. The molecule has 12 heteroatoms. The Morgan fingerprint density at radius 2 is 2.09 bits per heavy atom. The van der Waals surface area contributed by atoms with Gasteiger partial charge in [-0.25, -0.2) is 4.98 Å². The van der Waals surface area contributed by atoms with E-state index in [0.717, 1.165) is 19.4 Å². The first-order valence-electron chi connectivity index (χ1n) is 10.8. The van der Waals surface area contributed by atoms with Crippen molar-refractivity contribution in [2.24, 2.45) is 5.92 Å². The van der Waals surface area contributed by atoms with E-state index in [9.17, 15) is 14.4 Å². The molecule has 2 N–H and O–H groups in total. The second kappa shape index (κ2) is 10.1. The van der Waals surface area contributed by atoms with Crippen LogP contribution >= 0.6 is 11.3 Å². The van der Waals surface area contributed by atoms with Gasteiger partial charge >= 0.3 is 0 Å². The number of hydrogen-bond donors (Lipinski definition) is 2. The summed E-state index contributed by atoms with van der Waals surface area (Å²) in [4.78, 5) is 48.6. The average Bonchev–Trinajstić information content (AvgIpc) is 3.30. The molecule has 2 aromatic heterocycles. The highest BCUT2D eigenvalue weighted by molar-refractivity contribution is 7.22. The number of fused-ring (bicyclic) bond motifs is 1. The third-order valence-electron chi connectivity index (χ3n) is 5.68. The van der Waals surface area contributed by atoms with E-state index in [1.165, 1.54) is 36.5 Å². The molecule has 0 radical (unpaired) electrons. The molecule has 0 aliphatic carbocycles. The van der Waals surface area contributed by atoms with Crippen LogP contribution in [0.25, 0.3) is 10.3 Å². The molecule has 1 fully saturated rings. The van der Waals surface area contributed by atoms with E-state index in [-0.39, 0.29) is 23.9 Å². The lowest BCUT2D eigenvalue weighted by Crippen LogP contribution is -2.42. The Balaban J connectivity index is 1.52. The number of anilines is 2. The highest BCUT2D eigenvalue weighted by Crippen LogP contribution is 2.30. The van der Waals surface area contributed by atoms with Crippen molar-refractivity contribution in [3.8, 4) is 11.5 Å². The number of carbonyl (C=O) groups is 2. The number of methoxy groups -OCH3 is 2. The number of nitrogens with one attached hydrogen (secondary N) is 2. The Bertz CT molecular complexity index is 1270. The minimum Gasteiger partial charge on any atom is -0.497 e. The molecule has 3 aromatic rings. The minimum absolute atomic E-state index is 0.00460. The van der Waals surface area contributed by atoms with Crippen molar-refractivity contribution >= 4 is 44.3 Å². The van der Waals surface area contributed by atoms with Gasteiger partial charge in [0.05, 0.1) is 25.8 Å². The zero-order valence-corrected chi connectivity index (χ0v) is 20.0. The van der Waals surface area contributed by atoms with Gasteiger partial charge in [0.1, 0.15) is 29.1 Å². The second-order valence-corrected chi connectivity index (χ2v) is 8.82. The summed E-state index contributed by atoms with van der Waals surface area (Å²) in [6, 6.07) is 5.04. The molecular formula is C22H26N6O5S. The molecule has 1 saturated heterocycles. The Morgan fingerprint density at radius 1 is 1.26 bits per heavy atom. The fraction of sp³-hybridized carbons (Fsp3) is 0.409. The molecule has 180 valence electrons. The van der Waals surface area contributed by atoms with Gasteiger partial charge in [-0.3, -0.25) is 19.0 Å². The van der Waals surface area contributed by atoms with Crippen molar-refractivity contribution < 1.29 is 19.1 Å². The van der Waals surface area contributed by atoms with Crippen LogP contribution in [-0.4, -0.2) is 60.7 Å². The molecule has 11 nitrogen and oxygen atoms in total. The van der Waals surface area contributed by atoms with E-state index in [1.807, 2.05) is 4.90 Å². The lowest BCUT2D eigenvalue weighted by atomic mass is 9.98. The van der Waals surface area contributed by atoms with Crippen molar-refractivity contribution in [3.05, 3.63) is 34.9 Å². The zero-order chi connectivity index (χ0) is 24.2. The number of nitrogens with zero attached hydrogens (tertiary/aromatic N) is 4. The largest absolute Gasteiger partial charge is 0.497 e. The summed E-state index contributed by atoms with van der Waals surface area (Å²) in [5.74, 6) is 0.505. The van der Waals surface area contributed by atoms with E-state index >= 15 is 0 Å². The van der Waals surface area contributed by atoms with Gasteiger partial charge in [0.15, 0.2) is 10.8 Å². The number of benzene rings is 1. The van der Waals surface area contributed by atoms with Gasteiger partial charge in [-0.1, -0.05) is 11.3 Å². The Labute approximate surface area is 199 Å². The van der Waals surface area contributed by atoms with E-state index in [4.69, 9.17) is 9.47 Å². The summed E-state index contributed by atoms with van der Waals surface area (Å²) in [5, 5.41) is 6.10. The summed E-state index contributed by atoms with van der Waals surface area (Å²) in [7, 11) is 4.66. The lowest BCUT2D eigenvalue weighted by Gasteiger charge is -2.31. The second-order valence-electron chi connectivity index (χ2n) is 7.84. The molecular weight excluding hydrogens is 460 g/mol. The van der Waals surface area contributed by atoms with Gasteiger partial charge in [0, 0.05) is 26.2 Å². The molecule has 1 atom stereocenters. The fourth-order valence-electron chi connectivity index (χ4n) is 3.91. The topological polar surface area (TPSA) is 128 Å². The molecule has 0 bridgehead atoms. The van der Waals surface area contributed by atoms with Crippen LogP contribution in [0, 0.1) is 5.92 Å². The van der Waals surface area contributed by atoms with Crippen molar-refractivity contribution in [1.82, 2.24) is 19.9 Å². The van der Waals surface area contributed by atoms with Gasteiger partial charge in [0.2, 0.25) is 11.8 Å². The number of piperidine rings is 1. The van der Waals surface area contributed by atoms with E-state index in [1.54, 1.807) is 25.2 Å². The van der Waals surface area contributed by atoms with Crippen LogP contribution in [0.5, 0.6) is 11.5 Å². The first kappa shape index (κ1) is 23.5. The number of hydrogen-bond acceptors (Lipinski definition) is 9. The van der Waals surface area contributed by atoms with Gasteiger partial charge in [-0.2, -0.15) is 4.98 Å². The quantitative estimate of drug-likeness (QED) is 0.514. The number of thiazole rings is 1. The lowest BCUT2D eigenvalue weighted by molar-refractivity contribution is -0.124. The van der Waals surface area contributed by atoms with E-state index in [2.05, 4.69) is 20.6 Å². The number of rotatable bonds is 7. The van der Waals surface area contributed by atoms with Crippen LogP contribution in [0.2, 0.25) is 0 Å². The van der Waals surface area contributed by atoms with Crippen LogP contribution in [0.3, 0.4) is 0 Å².